The average molecular weight is 491 g/mol. The zero-order chi connectivity index (χ0) is 23.8. The van der Waals surface area contributed by atoms with Crippen LogP contribution in [0.1, 0.15) is 41.6 Å². The lowest BCUT2D eigenvalue weighted by Crippen LogP contribution is -2.52. The van der Waals surface area contributed by atoms with E-state index in [0.29, 0.717) is 27.8 Å². The Balaban J connectivity index is 1.39. The van der Waals surface area contributed by atoms with Crippen LogP contribution in [0.5, 0.6) is 0 Å². The molecule has 0 aromatic heterocycles. The molecule has 10 heteroatoms. The van der Waals surface area contributed by atoms with Gasteiger partial charge in [-0.05, 0) is 43.7 Å². The maximum atomic E-state index is 12.8. The van der Waals surface area contributed by atoms with Gasteiger partial charge < -0.3 is 9.64 Å². The first kappa shape index (κ1) is 25.4. The molecule has 0 radical (unpaired) electrons. The molecule has 1 N–H and O–H groups in total. The van der Waals surface area contributed by atoms with E-state index in [1.165, 1.54) is 18.9 Å². The van der Waals surface area contributed by atoms with Crippen LogP contribution in [0.4, 0.5) is 0 Å². The van der Waals surface area contributed by atoms with Crippen molar-refractivity contribution in [3.8, 4) is 0 Å². The Labute approximate surface area is 204 Å². The summed E-state index contributed by atoms with van der Waals surface area (Å²) in [6, 6.07) is 6.87. The quantitative estimate of drug-likeness (QED) is 0.245. The second-order valence-corrected chi connectivity index (χ2v) is 9.76. The minimum Gasteiger partial charge on any atom is -0.465 e. The van der Waals surface area contributed by atoms with Crippen molar-refractivity contribution >= 4 is 52.2 Å². The molecule has 0 bridgehead atoms. The molecular formula is C23H30N4O4S2. The molecule has 3 rings (SSSR count). The van der Waals surface area contributed by atoms with Gasteiger partial charge in [-0.15, -0.1) is 0 Å². The topological polar surface area (TPSA) is 82.2 Å². The summed E-state index contributed by atoms with van der Waals surface area (Å²) in [6.45, 7) is 4.15. The number of hydrogen-bond donors (Lipinski definition) is 1. The normalized spacial score (nSPS) is 18.7. The van der Waals surface area contributed by atoms with Gasteiger partial charge in [-0.2, -0.15) is 0 Å². The fourth-order valence-electron chi connectivity index (χ4n) is 3.56. The number of rotatable bonds is 9. The van der Waals surface area contributed by atoms with Crippen molar-refractivity contribution in [2.45, 2.75) is 25.7 Å². The molecule has 2 saturated heterocycles. The second-order valence-electron chi connectivity index (χ2n) is 8.08. The molecule has 0 unspecified atom stereocenters. The highest BCUT2D eigenvalue weighted by Crippen LogP contribution is 2.32. The number of thiocarbonyl (C=S) groups is 1. The van der Waals surface area contributed by atoms with E-state index in [1.54, 1.807) is 35.2 Å². The number of hydrazine groups is 1. The van der Waals surface area contributed by atoms with Gasteiger partial charge in [0.25, 0.3) is 5.91 Å². The number of hydrogen-bond acceptors (Lipinski definition) is 8. The predicted octanol–water partition coefficient (Wildman–Crippen LogP) is 2.51. The Hall–Kier alpha value is -2.27. The van der Waals surface area contributed by atoms with Crippen molar-refractivity contribution < 1.29 is 19.1 Å². The van der Waals surface area contributed by atoms with Gasteiger partial charge in [-0.1, -0.05) is 42.5 Å². The van der Waals surface area contributed by atoms with Gasteiger partial charge in [0.2, 0.25) is 5.91 Å². The number of nitrogens with one attached hydrogen (secondary N) is 1. The number of thioether (sulfide) groups is 1. The first-order valence-electron chi connectivity index (χ1n) is 11.0. The van der Waals surface area contributed by atoms with E-state index >= 15 is 0 Å². The number of benzene rings is 1. The van der Waals surface area contributed by atoms with Crippen LogP contribution in [0, 0.1) is 0 Å². The molecule has 0 aliphatic carbocycles. The van der Waals surface area contributed by atoms with Crippen molar-refractivity contribution in [1.29, 1.82) is 0 Å². The molecule has 2 aliphatic rings. The van der Waals surface area contributed by atoms with Gasteiger partial charge in [-0.3, -0.25) is 19.9 Å². The van der Waals surface area contributed by atoms with Crippen molar-refractivity contribution in [2.24, 2.45) is 0 Å². The molecule has 2 aliphatic heterocycles. The number of amides is 2. The maximum Gasteiger partial charge on any atom is 0.337 e. The van der Waals surface area contributed by atoms with Crippen molar-refractivity contribution in [3.63, 3.8) is 0 Å². The van der Waals surface area contributed by atoms with Gasteiger partial charge in [0.15, 0.2) is 0 Å². The molecule has 2 heterocycles. The van der Waals surface area contributed by atoms with Gasteiger partial charge >= 0.3 is 5.97 Å². The monoisotopic (exact) mass is 490 g/mol. The van der Waals surface area contributed by atoms with E-state index in [9.17, 15) is 14.4 Å². The highest BCUT2D eigenvalue weighted by Gasteiger charge is 2.31. The van der Waals surface area contributed by atoms with Crippen LogP contribution < -0.4 is 5.43 Å². The Morgan fingerprint density at radius 2 is 1.82 bits per heavy atom. The van der Waals surface area contributed by atoms with E-state index < -0.39 is 5.97 Å². The average Bonchev–Trinajstić information content (AvgIpc) is 3.07. The number of nitrogens with zero attached hydrogens (tertiary/aromatic N) is 3. The molecule has 0 spiro atoms. The Morgan fingerprint density at radius 3 is 2.48 bits per heavy atom. The molecular weight excluding hydrogens is 460 g/mol. The smallest absolute Gasteiger partial charge is 0.337 e. The van der Waals surface area contributed by atoms with Crippen molar-refractivity contribution in [3.05, 3.63) is 40.3 Å². The lowest BCUT2D eigenvalue weighted by atomic mass is 10.1. The van der Waals surface area contributed by atoms with E-state index in [4.69, 9.17) is 17.0 Å². The fraction of sp³-hybridized carbons (Fsp3) is 0.478. The first-order chi connectivity index (χ1) is 15.9. The van der Waals surface area contributed by atoms with Crippen LogP contribution in [0.25, 0.3) is 6.08 Å². The van der Waals surface area contributed by atoms with Gasteiger partial charge in [0.1, 0.15) is 4.32 Å². The fourth-order valence-corrected chi connectivity index (χ4v) is 4.87. The molecule has 1 aromatic carbocycles. The van der Waals surface area contributed by atoms with Crippen LogP contribution in [0.15, 0.2) is 29.2 Å². The summed E-state index contributed by atoms with van der Waals surface area (Å²) in [5.41, 5.74) is 4.25. The summed E-state index contributed by atoms with van der Waals surface area (Å²) in [5, 5.41) is 1.98. The van der Waals surface area contributed by atoms with E-state index in [-0.39, 0.29) is 11.8 Å². The largest absolute Gasteiger partial charge is 0.465 e. The molecule has 8 nitrogen and oxygen atoms in total. The number of likely N-dealkylation sites (N-methyl/N-ethyl adjacent to an activating group) is 1. The zero-order valence-electron chi connectivity index (χ0n) is 19.0. The third kappa shape index (κ3) is 7.36. The molecule has 178 valence electrons. The van der Waals surface area contributed by atoms with E-state index in [0.717, 1.165) is 51.0 Å². The third-order valence-corrected chi connectivity index (χ3v) is 6.95. The summed E-state index contributed by atoms with van der Waals surface area (Å²) < 4.78 is 5.24. The van der Waals surface area contributed by atoms with E-state index in [2.05, 4.69) is 17.4 Å². The third-order valence-electron chi connectivity index (χ3n) is 5.57. The van der Waals surface area contributed by atoms with Gasteiger partial charge in [0.05, 0.1) is 17.6 Å². The van der Waals surface area contributed by atoms with Crippen LogP contribution in [-0.2, 0) is 14.3 Å². The number of methoxy groups -OCH3 is 1. The zero-order valence-corrected chi connectivity index (χ0v) is 20.7. The number of carbonyl (C=O) groups is 3. The van der Waals surface area contributed by atoms with Crippen LogP contribution >= 0.6 is 24.0 Å². The number of ether oxygens (including phenoxy) is 1. The highest BCUT2D eigenvalue weighted by molar-refractivity contribution is 8.26. The standard InChI is InChI=1S/C23H30N4O4S2/c1-25-12-14-26(15-13-25)24-20(28)6-4-3-5-11-27-21(29)19(33-23(27)32)16-17-7-9-18(10-8-17)22(30)31-2/h7-10,16H,3-6,11-15H2,1-2H3,(H,24,28)/b19-16-. The van der Waals surface area contributed by atoms with Gasteiger partial charge in [0, 0.05) is 39.1 Å². The predicted molar refractivity (Wildman–Crippen MR) is 133 cm³/mol. The highest BCUT2D eigenvalue weighted by atomic mass is 32.2. The lowest BCUT2D eigenvalue weighted by Gasteiger charge is -2.32. The lowest BCUT2D eigenvalue weighted by molar-refractivity contribution is -0.127. The maximum absolute atomic E-state index is 12.8. The van der Waals surface area contributed by atoms with Crippen LogP contribution in [0.3, 0.4) is 0 Å². The van der Waals surface area contributed by atoms with E-state index in [1.807, 2.05) is 5.01 Å². The van der Waals surface area contributed by atoms with Crippen LogP contribution in [-0.4, -0.2) is 83.8 Å². The van der Waals surface area contributed by atoms with Crippen molar-refractivity contribution in [2.75, 3.05) is 46.9 Å². The molecule has 33 heavy (non-hydrogen) atoms. The SMILES string of the molecule is COC(=O)c1ccc(/C=C2\SC(=S)N(CCCCCC(=O)NN3CCN(C)CC3)C2=O)cc1. The Kier molecular flexibility index (Phi) is 9.42. The Bertz CT molecular complexity index is 912. The minimum atomic E-state index is -0.398. The molecule has 1 aromatic rings. The molecule has 2 fully saturated rings. The summed E-state index contributed by atoms with van der Waals surface area (Å²) >= 11 is 6.68. The number of unbranched alkanes of at least 4 members (excludes halogenated alkanes) is 2. The van der Waals surface area contributed by atoms with Gasteiger partial charge in [-0.25, -0.2) is 9.80 Å². The Morgan fingerprint density at radius 1 is 1.12 bits per heavy atom. The number of carbonyl (C=O) groups excluding carboxylic acids is 3. The number of esters is 1. The minimum absolute atomic E-state index is 0.0475. The molecule has 0 saturated carbocycles. The number of piperazine rings is 1. The van der Waals surface area contributed by atoms with Crippen molar-refractivity contribution in [1.82, 2.24) is 20.2 Å². The second kappa shape index (κ2) is 12.3. The molecule has 0 atom stereocenters. The summed E-state index contributed by atoms with van der Waals surface area (Å²) in [7, 11) is 3.42. The van der Waals surface area contributed by atoms with Crippen LogP contribution in [0.2, 0.25) is 0 Å². The molecule has 2 amide bonds. The summed E-state index contributed by atoms with van der Waals surface area (Å²) in [5.74, 6) is -0.453. The summed E-state index contributed by atoms with van der Waals surface area (Å²) in [4.78, 5) is 40.9. The summed E-state index contributed by atoms with van der Waals surface area (Å²) in [6.07, 6.45) is 4.67. The first-order valence-corrected chi connectivity index (χ1v) is 12.3.